The van der Waals surface area contributed by atoms with Gasteiger partial charge in [0.05, 0.1) is 19.8 Å². The molecule has 0 aliphatic carbocycles. The van der Waals surface area contributed by atoms with Crippen LogP contribution in [0.15, 0.2) is 58.7 Å². The first-order valence-corrected chi connectivity index (χ1v) is 8.24. The molecule has 0 saturated heterocycles. The van der Waals surface area contributed by atoms with Crippen molar-refractivity contribution in [2.45, 2.75) is 19.9 Å². The fourth-order valence-corrected chi connectivity index (χ4v) is 2.58. The van der Waals surface area contributed by atoms with Crippen molar-refractivity contribution < 1.29 is 23.0 Å². The number of halogens is 2. The largest absolute Gasteiger partial charge is 0.493 e. The van der Waals surface area contributed by atoms with Gasteiger partial charge in [-0.1, -0.05) is 12.6 Å². The van der Waals surface area contributed by atoms with Gasteiger partial charge in [0, 0.05) is 19.0 Å². The van der Waals surface area contributed by atoms with Crippen LogP contribution in [0.4, 0.5) is 8.78 Å². The molecule has 1 amide bonds. The summed E-state index contributed by atoms with van der Waals surface area (Å²) < 4.78 is 36.9. The maximum absolute atomic E-state index is 13.3. The summed E-state index contributed by atoms with van der Waals surface area (Å²) >= 11 is 0. The fraction of sp³-hybridized carbons (Fsp3) is 0.263. The number of allylic oxidation sites excluding steroid dienone is 2. The Morgan fingerprint density at radius 3 is 2.57 bits per heavy atom. The molecule has 0 spiro atoms. The van der Waals surface area contributed by atoms with Crippen molar-refractivity contribution in [1.82, 2.24) is 15.6 Å². The predicted octanol–water partition coefficient (Wildman–Crippen LogP) is 2.74. The van der Waals surface area contributed by atoms with Gasteiger partial charge in [-0.05, 0) is 30.7 Å². The molecule has 0 saturated carbocycles. The highest BCUT2D eigenvalue weighted by atomic mass is 19.3. The lowest BCUT2D eigenvalue weighted by Crippen LogP contribution is -2.37. The van der Waals surface area contributed by atoms with Crippen molar-refractivity contribution in [2.24, 2.45) is 5.10 Å². The number of amides is 1. The Labute approximate surface area is 162 Å². The lowest BCUT2D eigenvalue weighted by molar-refractivity contribution is -0.117. The number of benzene rings is 1. The number of nitrogens with zero attached hydrogens (tertiary/aromatic N) is 2. The van der Waals surface area contributed by atoms with Gasteiger partial charge in [0.2, 0.25) is 0 Å². The summed E-state index contributed by atoms with van der Waals surface area (Å²) in [6.07, 6.45) is -1.65. The van der Waals surface area contributed by atoms with E-state index >= 15 is 0 Å². The first-order chi connectivity index (χ1) is 13.3. The Morgan fingerprint density at radius 1 is 1.32 bits per heavy atom. The van der Waals surface area contributed by atoms with Crippen LogP contribution < -0.4 is 20.1 Å². The van der Waals surface area contributed by atoms with E-state index in [4.69, 9.17) is 9.47 Å². The molecule has 0 aromatic heterocycles. The monoisotopic (exact) mass is 392 g/mol. The minimum absolute atomic E-state index is 0.0719. The number of carbonyl (C=O) groups is 1. The first-order valence-electron chi connectivity index (χ1n) is 8.24. The molecule has 0 radical (unpaired) electrons. The molecular formula is C19H22F2N4O3. The Morgan fingerprint density at radius 2 is 2.00 bits per heavy atom. The number of ether oxygens (including phenoxy) is 2. The molecule has 2 rings (SSSR count). The van der Waals surface area contributed by atoms with Gasteiger partial charge in [-0.2, -0.15) is 5.10 Å². The van der Waals surface area contributed by atoms with Crippen molar-refractivity contribution in [3.8, 4) is 11.5 Å². The van der Waals surface area contributed by atoms with Crippen LogP contribution in [0.2, 0.25) is 0 Å². The second-order valence-electron chi connectivity index (χ2n) is 5.82. The zero-order valence-corrected chi connectivity index (χ0v) is 15.9. The molecule has 28 heavy (non-hydrogen) atoms. The number of hydrogen-bond acceptors (Lipinski definition) is 6. The molecular weight excluding hydrogens is 370 g/mol. The SMILES string of the molecule is C=NN1C(C(F)F)=CC(=C)N/C1=C(/C)C(=O)NCc1ccc(OC)c(OC)c1. The average molecular weight is 392 g/mol. The van der Waals surface area contributed by atoms with Gasteiger partial charge >= 0.3 is 0 Å². The molecule has 0 unspecified atom stereocenters. The Hall–Kier alpha value is -3.36. The van der Waals surface area contributed by atoms with E-state index in [1.807, 2.05) is 0 Å². The topological polar surface area (TPSA) is 75.2 Å². The number of carbonyl (C=O) groups excluding carboxylic acids is 1. The number of rotatable bonds is 7. The van der Waals surface area contributed by atoms with Crippen LogP contribution in [0, 0.1) is 0 Å². The predicted molar refractivity (Wildman–Crippen MR) is 102 cm³/mol. The molecule has 1 aromatic carbocycles. The normalized spacial score (nSPS) is 15.6. The van der Waals surface area contributed by atoms with Gasteiger partial charge in [-0.25, -0.2) is 13.8 Å². The number of hydrazone groups is 1. The number of hydrogen-bond donors (Lipinski definition) is 2. The van der Waals surface area contributed by atoms with Gasteiger partial charge in [0.15, 0.2) is 11.5 Å². The van der Waals surface area contributed by atoms with Crippen molar-refractivity contribution >= 4 is 12.6 Å². The van der Waals surface area contributed by atoms with E-state index in [1.165, 1.54) is 21.1 Å². The van der Waals surface area contributed by atoms with Crippen molar-refractivity contribution in [3.63, 3.8) is 0 Å². The van der Waals surface area contributed by atoms with Gasteiger partial charge in [-0.15, -0.1) is 0 Å². The minimum atomic E-state index is -2.80. The smallest absolute Gasteiger partial charge is 0.280 e. The lowest BCUT2D eigenvalue weighted by Gasteiger charge is -2.30. The highest BCUT2D eigenvalue weighted by molar-refractivity contribution is 5.93. The van der Waals surface area contributed by atoms with E-state index in [9.17, 15) is 13.6 Å². The van der Waals surface area contributed by atoms with Crippen LogP contribution in [-0.4, -0.2) is 38.3 Å². The van der Waals surface area contributed by atoms with Crippen LogP contribution in [0.3, 0.4) is 0 Å². The third kappa shape index (κ3) is 4.48. The molecule has 1 aliphatic heterocycles. The number of alkyl halides is 2. The second kappa shape index (κ2) is 9.03. The van der Waals surface area contributed by atoms with Crippen molar-refractivity contribution in [2.75, 3.05) is 14.2 Å². The number of nitrogens with one attached hydrogen (secondary N) is 2. The van der Waals surface area contributed by atoms with Gasteiger partial charge in [0.1, 0.15) is 11.5 Å². The summed E-state index contributed by atoms with van der Waals surface area (Å²) in [4.78, 5) is 12.5. The van der Waals surface area contributed by atoms with Gasteiger partial charge in [0.25, 0.3) is 12.3 Å². The van der Waals surface area contributed by atoms with Crippen LogP contribution in [0.5, 0.6) is 11.5 Å². The summed E-state index contributed by atoms with van der Waals surface area (Å²) in [7, 11) is 3.04. The standard InChI is InChI=1S/C19H22F2N4O3/c1-11-8-14(17(20)21)25(22-3)18(24-11)12(2)19(26)23-10-13-6-7-15(27-4)16(9-13)28-5/h6-9,17,24H,1,3,10H2,2,4-5H3,(H,23,26)/b18-12+. The van der Waals surface area contributed by atoms with Crippen molar-refractivity contribution in [3.05, 3.63) is 59.2 Å². The highest BCUT2D eigenvalue weighted by Gasteiger charge is 2.28. The zero-order valence-electron chi connectivity index (χ0n) is 15.9. The molecule has 0 bridgehead atoms. The van der Waals surface area contributed by atoms with Gasteiger partial charge < -0.3 is 20.1 Å². The molecule has 1 aliphatic rings. The fourth-order valence-electron chi connectivity index (χ4n) is 2.58. The quantitative estimate of drug-likeness (QED) is 0.551. The van der Waals surface area contributed by atoms with E-state index in [1.54, 1.807) is 18.2 Å². The minimum Gasteiger partial charge on any atom is -0.493 e. The van der Waals surface area contributed by atoms with Crippen LogP contribution >= 0.6 is 0 Å². The van der Waals surface area contributed by atoms with E-state index in [0.29, 0.717) is 11.5 Å². The Bertz CT molecular complexity index is 850. The van der Waals surface area contributed by atoms with E-state index in [2.05, 4.69) is 29.0 Å². The molecule has 9 heteroatoms. The summed E-state index contributed by atoms with van der Waals surface area (Å²) in [6, 6.07) is 5.24. The molecule has 1 aromatic rings. The Balaban J connectivity index is 2.20. The summed E-state index contributed by atoms with van der Waals surface area (Å²) in [5, 5.41) is 10.0. The molecule has 150 valence electrons. The van der Waals surface area contributed by atoms with Crippen LogP contribution in [0.25, 0.3) is 0 Å². The maximum Gasteiger partial charge on any atom is 0.280 e. The van der Waals surface area contributed by atoms with Gasteiger partial charge in [-0.3, -0.25) is 4.79 Å². The van der Waals surface area contributed by atoms with E-state index < -0.39 is 18.0 Å². The summed E-state index contributed by atoms with van der Waals surface area (Å²) in [5.74, 6) is 0.708. The third-order valence-electron chi connectivity index (χ3n) is 4.02. The van der Waals surface area contributed by atoms with E-state index in [-0.39, 0.29) is 23.6 Å². The number of methoxy groups -OCH3 is 2. The third-order valence-corrected chi connectivity index (χ3v) is 4.02. The molecule has 0 fully saturated rings. The van der Waals surface area contributed by atoms with E-state index in [0.717, 1.165) is 16.6 Å². The average Bonchev–Trinajstić information content (AvgIpc) is 2.70. The summed E-state index contributed by atoms with van der Waals surface area (Å²) in [6.45, 7) is 8.63. The highest BCUT2D eigenvalue weighted by Crippen LogP contribution is 2.28. The first kappa shape index (κ1) is 20.9. The Kier molecular flexibility index (Phi) is 6.75. The van der Waals surface area contributed by atoms with Crippen molar-refractivity contribution in [1.29, 1.82) is 0 Å². The summed E-state index contributed by atoms with van der Waals surface area (Å²) in [5.41, 5.74) is 0.731. The van der Waals surface area contributed by atoms with Crippen LogP contribution in [-0.2, 0) is 11.3 Å². The lowest BCUT2D eigenvalue weighted by atomic mass is 10.1. The molecule has 0 atom stereocenters. The second-order valence-corrected chi connectivity index (χ2v) is 5.82. The molecule has 1 heterocycles. The molecule has 7 nitrogen and oxygen atoms in total. The molecule has 2 N–H and O–H groups in total. The maximum atomic E-state index is 13.3. The van der Waals surface area contributed by atoms with Crippen LogP contribution in [0.1, 0.15) is 12.5 Å². The zero-order chi connectivity index (χ0) is 20.8.